The minimum absolute atomic E-state index is 0.0320. The maximum atomic E-state index is 13.3. The van der Waals surface area contributed by atoms with Gasteiger partial charge >= 0.3 is 0 Å². The van der Waals surface area contributed by atoms with Gasteiger partial charge in [0.15, 0.2) is 0 Å². The van der Waals surface area contributed by atoms with Crippen molar-refractivity contribution >= 4 is 27.5 Å². The lowest BCUT2D eigenvalue weighted by atomic mass is 9.99. The molecule has 1 aromatic rings. The summed E-state index contributed by atoms with van der Waals surface area (Å²) in [4.78, 5) is 11.9. The summed E-state index contributed by atoms with van der Waals surface area (Å²) in [5, 5.41) is 2.72. The monoisotopic (exact) mass is 301 g/mol. The summed E-state index contributed by atoms with van der Waals surface area (Å²) in [5.74, 6) is -0.472. The Kier molecular flexibility index (Phi) is 4.12. The van der Waals surface area contributed by atoms with Gasteiger partial charge in [-0.2, -0.15) is 0 Å². The summed E-state index contributed by atoms with van der Waals surface area (Å²) in [7, 11) is 0. The quantitative estimate of drug-likeness (QED) is 0.912. The zero-order valence-corrected chi connectivity index (χ0v) is 10.8. The molecule has 1 saturated heterocycles. The molecule has 92 valence electrons. The Balaban J connectivity index is 1.99. The minimum atomic E-state index is -0.380. The lowest BCUT2D eigenvalue weighted by molar-refractivity contribution is -0.122. The van der Waals surface area contributed by atoms with Crippen LogP contribution < -0.4 is 5.32 Å². The first-order valence-electron chi connectivity index (χ1n) is 5.50. The van der Waals surface area contributed by atoms with Crippen molar-refractivity contribution in [1.29, 1.82) is 0 Å². The average Bonchev–Trinajstić information content (AvgIpc) is 2.35. The molecule has 1 fully saturated rings. The van der Waals surface area contributed by atoms with Crippen LogP contribution in [0.3, 0.4) is 0 Å². The highest BCUT2D eigenvalue weighted by atomic mass is 79.9. The van der Waals surface area contributed by atoms with Gasteiger partial charge < -0.3 is 10.1 Å². The third-order valence-corrected chi connectivity index (χ3v) is 3.42. The third-order valence-electron chi connectivity index (χ3n) is 2.78. The van der Waals surface area contributed by atoms with Crippen molar-refractivity contribution in [3.63, 3.8) is 0 Å². The molecule has 5 heteroatoms. The lowest BCUT2D eigenvalue weighted by Crippen LogP contribution is -2.28. The summed E-state index contributed by atoms with van der Waals surface area (Å²) < 4.78 is 18.8. The molecule has 0 radical (unpaired) electrons. The van der Waals surface area contributed by atoms with Crippen molar-refractivity contribution in [2.75, 3.05) is 18.5 Å². The normalized spacial score (nSPS) is 16.8. The molecule has 0 atom stereocenters. The van der Waals surface area contributed by atoms with Gasteiger partial charge in [-0.25, -0.2) is 4.39 Å². The number of carbonyl (C=O) groups is 1. The molecule has 17 heavy (non-hydrogen) atoms. The maximum Gasteiger partial charge on any atom is 0.227 e. The molecule has 0 aromatic heterocycles. The SMILES string of the molecule is O=C(Nc1ccc(Br)c(F)c1)C1CCOCC1. The van der Waals surface area contributed by atoms with Gasteiger partial charge in [0, 0.05) is 24.8 Å². The molecule has 3 nitrogen and oxygen atoms in total. The molecule has 0 aliphatic carbocycles. The van der Waals surface area contributed by atoms with Crippen molar-refractivity contribution in [1.82, 2.24) is 0 Å². The molecular weight excluding hydrogens is 289 g/mol. The summed E-state index contributed by atoms with van der Waals surface area (Å²) in [6.45, 7) is 1.24. The Morgan fingerprint density at radius 3 is 2.76 bits per heavy atom. The van der Waals surface area contributed by atoms with E-state index in [4.69, 9.17) is 4.74 Å². The van der Waals surface area contributed by atoms with E-state index in [-0.39, 0.29) is 17.6 Å². The van der Waals surface area contributed by atoms with Gasteiger partial charge in [-0.3, -0.25) is 4.79 Å². The Bertz CT molecular complexity index is 419. The molecule has 1 aliphatic heterocycles. The Labute approximate surface area is 107 Å². The first kappa shape index (κ1) is 12.5. The van der Waals surface area contributed by atoms with Crippen LogP contribution in [-0.4, -0.2) is 19.1 Å². The molecule has 1 N–H and O–H groups in total. The fourth-order valence-electron chi connectivity index (χ4n) is 1.78. The number of nitrogens with one attached hydrogen (secondary N) is 1. The van der Waals surface area contributed by atoms with Crippen LogP contribution in [0.4, 0.5) is 10.1 Å². The van der Waals surface area contributed by atoms with Crippen LogP contribution >= 0.6 is 15.9 Å². The number of amides is 1. The van der Waals surface area contributed by atoms with E-state index in [0.29, 0.717) is 23.4 Å². The number of carbonyl (C=O) groups excluding carboxylic acids is 1. The van der Waals surface area contributed by atoms with Crippen LogP contribution in [0.1, 0.15) is 12.8 Å². The van der Waals surface area contributed by atoms with E-state index < -0.39 is 0 Å². The molecule has 1 amide bonds. The topological polar surface area (TPSA) is 38.3 Å². The van der Waals surface area contributed by atoms with Crippen molar-refractivity contribution in [2.45, 2.75) is 12.8 Å². The smallest absolute Gasteiger partial charge is 0.227 e. The van der Waals surface area contributed by atoms with E-state index in [9.17, 15) is 9.18 Å². The van der Waals surface area contributed by atoms with Gasteiger partial charge in [0.2, 0.25) is 5.91 Å². The van der Waals surface area contributed by atoms with Gasteiger partial charge in [0.05, 0.1) is 4.47 Å². The largest absolute Gasteiger partial charge is 0.381 e. The van der Waals surface area contributed by atoms with Crippen LogP contribution in [0.2, 0.25) is 0 Å². The van der Waals surface area contributed by atoms with E-state index >= 15 is 0 Å². The molecule has 0 saturated carbocycles. The first-order chi connectivity index (χ1) is 8.16. The van der Waals surface area contributed by atoms with Crippen LogP contribution in [-0.2, 0) is 9.53 Å². The van der Waals surface area contributed by atoms with E-state index in [1.165, 1.54) is 6.07 Å². The van der Waals surface area contributed by atoms with Crippen LogP contribution in [0.5, 0.6) is 0 Å². The zero-order valence-electron chi connectivity index (χ0n) is 9.21. The summed E-state index contributed by atoms with van der Waals surface area (Å²) in [6, 6.07) is 4.56. The fraction of sp³-hybridized carbons (Fsp3) is 0.417. The van der Waals surface area contributed by atoms with E-state index in [1.54, 1.807) is 12.1 Å². The van der Waals surface area contributed by atoms with E-state index in [1.807, 2.05) is 0 Å². The van der Waals surface area contributed by atoms with Crippen LogP contribution in [0.25, 0.3) is 0 Å². The Morgan fingerprint density at radius 1 is 1.41 bits per heavy atom. The Morgan fingerprint density at radius 2 is 2.12 bits per heavy atom. The predicted octanol–water partition coefficient (Wildman–Crippen LogP) is 2.95. The van der Waals surface area contributed by atoms with Crippen molar-refractivity contribution < 1.29 is 13.9 Å². The molecule has 0 unspecified atom stereocenters. The second-order valence-corrected chi connectivity index (χ2v) is 4.86. The number of halogens is 2. The highest BCUT2D eigenvalue weighted by Crippen LogP contribution is 2.21. The first-order valence-corrected chi connectivity index (χ1v) is 6.30. The zero-order chi connectivity index (χ0) is 12.3. The number of benzene rings is 1. The average molecular weight is 302 g/mol. The van der Waals surface area contributed by atoms with Gasteiger partial charge in [0.1, 0.15) is 5.82 Å². The van der Waals surface area contributed by atoms with Crippen LogP contribution in [0, 0.1) is 11.7 Å². The summed E-state index contributed by atoms with van der Waals surface area (Å²) in [5.41, 5.74) is 0.488. The molecule has 1 aromatic carbocycles. The van der Waals surface area contributed by atoms with Crippen molar-refractivity contribution in [3.8, 4) is 0 Å². The molecule has 1 heterocycles. The van der Waals surface area contributed by atoms with Gasteiger partial charge in [-0.15, -0.1) is 0 Å². The molecule has 1 aliphatic rings. The predicted molar refractivity (Wildman–Crippen MR) is 66.3 cm³/mol. The third kappa shape index (κ3) is 3.26. The second kappa shape index (κ2) is 5.60. The maximum absolute atomic E-state index is 13.3. The van der Waals surface area contributed by atoms with Gasteiger partial charge in [0.25, 0.3) is 0 Å². The van der Waals surface area contributed by atoms with Crippen molar-refractivity contribution in [2.24, 2.45) is 5.92 Å². The summed E-state index contributed by atoms with van der Waals surface area (Å²) >= 11 is 3.07. The minimum Gasteiger partial charge on any atom is -0.381 e. The van der Waals surface area contributed by atoms with Gasteiger partial charge in [-0.1, -0.05) is 0 Å². The van der Waals surface area contributed by atoms with E-state index in [2.05, 4.69) is 21.2 Å². The van der Waals surface area contributed by atoms with Crippen molar-refractivity contribution in [3.05, 3.63) is 28.5 Å². The fourth-order valence-corrected chi connectivity index (χ4v) is 2.02. The lowest BCUT2D eigenvalue weighted by Gasteiger charge is -2.21. The van der Waals surface area contributed by atoms with E-state index in [0.717, 1.165) is 12.8 Å². The summed E-state index contributed by atoms with van der Waals surface area (Å²) in [6.07, 6.45) is 1.45. The number of rotatable bonds is 2. The van der Waals surface area contributed by atoms with Crippen LogP contribution in [0.15, 0.2) is 22.7 Å². The molecular formula is C12H13BrFNO2. The van der Waals surface area contributed by atoms with Gasteiger partial charge in [-0.05, 0) is 47.0 Å². The molecule has 0 spiro atoms. The highest BCUT2D eigenvalue weighted by Gasteiger charge is 2.21. The molecule has 2 rings (SSSR count). The second-order valence-electron chi connectivity index (χ2n) is 4.00. The standard InChI is InChI=1S/C12H13BrFNO2/c13-10-2-1-9(7-11(10)14)15-12(16)8-3-5-17-6-4-8/h1-2,7-8H,3-6H2,(H,15,16). The number of hydrogen-bond acceptors (Lipinski definition) is 2. The highest BCUT2D eigenvalue weighted by molar-refractivity contribution is 9.10. The number of ether oxygens (including phenoxy) is 1. The Hall–Kier alpha value is -0.940. The molecule has 0 bridgehead atoms. The number of hydrogen-bond donors (Lipinski definition) is 1. The number of anilines is 1.